The number of nitrogens with one attached hydrogen (secondary N) is 1. The summed E-state index contributed by atoms with van der Waals surface area (Å²) >= 11 is 0. The summed E-state index contributed by atoms with van der Waals surface area (Å²) in [4.78, 5) is 17.6. The Balaban J connectivity index is 0.00000288. The molecule has 6 nitrogen and oxygen atoms in total. The maximum absolute atomic E-state index is 11.0. The third-order valence-corrected chi connectivity index (χ3v) is 3.77. The lowest BCUT2D eigenvalue weighted by molar-refractivity contribution is -0.114. The van der Waals surface area contributed by atoms with Gasteiger partial charge in [0.2, 0.25) is 5.91 Å². The Morgan fingerprint density at radius 1 is 1.50 bits per heavy atom. The van der Waals surface area contributed by atoms with Crippen LogP contribution < -0.4 is 15.8 Å². The Labute approximate surface area is 160 Å². The molecular weight excluding hydrogens is 419 g/mol. The first-order valence-corrected chi connectivity index (χ1v) is 8.10. The topological polar surface area (TPSA) is 79.9 Å². The molecular formula is C17H27IN4O2. The Hall–Kier alpha value is -1.51. The van der Waals surface area contributed by atoms with Crippen molar-refractivity contribution in [1.29, 1.82) is 0 Å². The van der Waals surface area contributed by atoms with Crippen molar-refractivity contribution >= 4 is 41.5 Å². The van der Waals surface area contributed by atoms with Crippen molar-refractivity contribution in [3.8, 4) is 5.75 Å². The van der Waals surface area contributed by atoms with Gasteiger partial charge >= 0.3 is 0 Å². The molecule has 3 N–H and O–H groups in total. The lowest BCUT2D eigenvalue weighted by Gasteiger charge is -2.31. The maximum atomic E-state index is 11.0. The minimum atomic E-state index is -0.102. The summed E-state index contributed by atoms with van der Waals surface area (Å²) in [7, 11) is 0. The Morgan fingerprint density at radius 2 is 2.29 bits per heavy atom. The average molecular weight is 446 g/mol. The largest absolute Gasteiger partial charge is 0.492 e. The third kappa shape index (κ3) is 6.94. The molecule has 0 radical (unpaired) electrons. The number of halogens is 1. The molecule has 0 aromatic heterocycles. The van der Waals surface area contributed by atoms with Crippen LogP contribution in [0.4, 0.5) is 5.69 Å². The number of carbonyl (C=O) groups is 1. The van der Waals surface area contributed by atoms with Crippen LogP contribution in [-0.4, -0.2) is 43.0 Å². The van der Waals surface area contributed by atoms with Crippen LogP contribution >= 0.6 is 24.0 Å². The van der Waals surface area contributed by atoms with E-state index in [0.29, 0.717) is 30.8 Å². The number of hydrogen-bond donors (Lipinski definition) is 2. The van der Waals surface area contributed by atoms with E-state index in [4.69, 9.17) is 10.5 Å². The summed E-state index contributed by atoms with van der Waals surface area (Å²) in [5.74, 6) is 1.88. The smallest absolute Gasteiger partial charge is 0.221 e. The number of hydrogen-bond acceptors (Lipinski definition) is 3. The summed E-state index contributed by atoms with van der Waals surface area (Å²) < 4.78 is 5.65. The summed E-state index contributed by atoms with van der Waals surface area (Å²) in [6, 6.07) is 7.31. The number of likely N-dealkylation sites (tertiary alicyclic amines) is 1. The maximum Gasteiger partial charge on any atom is 0.221 e. The molecule has 1 amide bonds. The van der Waals surface area contributed by atoms with Crippen LogP contribution in [0.2, 0.25) is 0 Å². The number of ether oxygens (including phenoxy) is 1. The molecule has 1 atom stereocenters. The monoisotopic (exact) mass is 446 g/mol. The molecule has 0 bridgehead atoms. The van der Waals surface area contributed by atoms with E-state index < -0.39 is 0 Å². The van der Waals surface area contributed by atoms with Crippen molar-refractivity contribution in [3.05, 3.63) is 24.3 Å². The molecule has 1 aromatic rings. The molecule has 0 aliphatic carbocycles. The van der Waals surface area contributed by atoms with Gasteiger partial charge < -0.3 is 20.7 Å². The number of anilines is 1. The molecule has 1 aromatic carbocycles. The highest BCUT2D eigenvalue weighted by atomic mass is 127. The highest BCUT2D eigenvalue weighted by Gasteiger charge is 2.17. The van der Waals surface area contributed by atoms with Crippen LogP contribution in [0, 0.1) is 5.92 Å². The van der Waals surface area contributed by atoms with E-state index in [0.717, 1.165) is 18.8 Å². The zero-order valence-corrected chi connectivity index (χ0v) is 16.7. The van der Waals surface area contributed by atoms with Crippen molar-refractivity contribution in [1.82, 2.24) is 4.90 Å². The van der Waals surface area contributed by atoms with Crippen LogP contribution in [0.1, 0.15) is 26.7 Å². The number of nitrogens with zero attached hydrogens (tertiary/aromatic N) is 2. The summed E-state index contributed by atoms with van der Waals surface area (Å²) in [5, 5.41) is 2.73. The van der Waals surface area contributed by atoms with Crippen LogP contribution in [-0.2, 0) is 4.79 Å². The molecule has 1 heterocycles. The zero-order valence-electron chi connectivity index (χ0n) is 14.3. The fourth-order valence-electron chi connectivity index (χ4n) is 2.69. The third-order valence-electron chi connectivity index (χ3n) is 3.77. The van der Waals surface area contributed by atoms with Gasteiger partial charge in [0.15, 0.2) is 5.96 Å². The van der Waals surface area contributed by atoms with E-state index in [-0.39, 0.29) is 29.9 Å². The van der Waals surface area contributed by atoms with E-state index in [9.17, 15) is 4.79 Å². The number of piperidine rings is 1. The number of aliphatic imine (C=N–C) groups is 1. The Morgan fingerprint density at radius 3 is 3.00 bits per heavy atom. The van der Waals surface area contributed by atoms with Gasteiger partial charge in [-0.1, -0.05) is 13.0 Å². The molecule has 7 heteroatoms. The summed E-state index contributed by atoms with van der Waals surface area (Å²) in [6.45, 7) is 6.65. The number of rotatable bonds is 5. The van der Waals surface area contributed by atoms with Gasteiger partial charge in [0.05, 0.1) is 6.54 Å². The molecule has 0 saturated carbocycles. The first-order chi connectivity index (χ1) is 11.0. The number of nitrogens with two attached hydrogens (primary N) is 1. The predicted octanol–water partition coefficient (Wildman–Crippen LogP) is 2.69. The quantitative estimate of drug-likeness (QED) is 0.316. The summed E-state index contributed by atoms with van der Waals surface area (Å²) in [5.41, 5.74) is 6.76. The van der Waals surface area contributed by atoms with Gasteiger partial charge in [0, 0.05) is 31.8 Å². The lowest BCUT2D eigenvalue weighted by Crippen LogP contribution is -2.43. The fraction of sp³-hybridized carbons (Fsp3) is 0.529. The summed E-state index contributed by atoms with van der Waals surface area (Å²) in [6.07, 6.45) is 2.43. The SMILES string of the molecule is CC(=O)Nc1cccc(OCCN=C(N)N2CCCC(C)C2)c1.I. The molecule has 1 saturated heterocycles. The Bertz CT molecular complexity index is 565. The Kier molecular flexibility index (Phi) is 8.88. The van der Waals surface area contributed by atoms with Gasteiger partial charge in [-0.15, -0.1) is 24.0 Å². The van der Waals surface area contributed by atoms with Crippen molar-refractivity contribution in [2.45, 2.75) is 26.7 Å². The first-order valence-electron chi connectivity index (χ1n) is 8.10. The number of guanidine groups is 1. The van der Waals surface area contributed by atoms with Gasteiger partial charge in [-0.05, 0) is 30.9 Å². The first kappa shape index (κ1) is 20.5. The molecule has 1 unspecified atom stereocenters. The second kappa shape index (κ2) is 10.4. The second-order valence-corrected chi connectivity index (χ2v) is 5.99. The van der Waals surface area contributed by atoms with Crippen LogP contribution in [0.25, 0.3) is 0 Å². The van der Waals surface area contributed by atoms with E-state index in [1.54, 1.807) is 6.07 Å². The lowest BCUT2D eigenvalue weighted by atomic mass is 10.0. The molecule has 134 valence electrons. The highest BCUT2D eigenvalue weighted by Crippen LogP contribution is 2.17. The van der Waals surface area contributed by atoms with Crippen molar-refractivity contribution in [2.75, 3.05) is 31.6 Å². The van der Waals surface area contributed by atoms with Crippen LogP contribution in [0.5, 0.6) is 5.75 Å². The molecule has 2 rings (SSSR count). The number of carbonyl (C=O) groups excluding carboxylic acids is 1. The second-order valence-electron chi connectivity index (χ2n) is 5.99. The number of benzene rings is 1. The van der Waals surface area contributed by atoms with Gasteiger partial charge in [-0.3, -0.25) is 4.79 Å². The van der Waals surface area contributed by atoms with Gasteiger partial charge in [0.25, 0.3) is 0 Å². The van der Waals surface area contributed by atoms with Gasteiger partial charge in [-0.2, -0.15) is 0 Å². The van der Waals surface area contributed by atoms with Crippen LogP contribution in [0.3, 0.4) is 0 Å². The van der Waals surface area contributed by atoms with E-state index in [1.165, 1.54) is 19.8 Å². The van der Waals surface area contributed by atoms with Gasteiger partial charge in [-0.25, -0.2) is 4.99 Å². The molecule has 24 heavy (non-hydrogen) atoms. The molecule has 1 aliphatic heterocycles. The van der Waals surface area contributed by atoms with Crippen molar-refractivity contribution in [3.63, 3.8) is 0 Å². The van der Waals surface area contributed by atoms with E-state index >= 15 is 0 Å². The molecule has 1 aliphatic rings. The van der Waals surface area contributed by atoms with Crippen molar-refractivity contribution < 1.29 is 9.53 Å². The predicted molar refractivity (Wildman–Crippen MR) is 108 cm³/mol. The average Bonchev–Trinajstić information content (AvgIpc) is 2.51. The van der Waals surface area contributed by atoms with Gasteiger partial charge in [0.1, 0.15) is 12.4 Å². The molecule has 0 spiro atoms. The standard InChI is InChI=1S/C17H26N4O2.HI/c1-13-5-4-9-21(12-13)17(18)19-8-10-23-16-7-3-6-15(11-16)20-14(2)22;/h3,6-7,11,13H,4-5,8-10,12H2,1-2H3,(H2,18,19)(H,20,22);1H. The minimum absolute atomic E-state index is 0. The highest BCUT2D eigenvalue weighted by molar-refractivity contribution is 14.0. The molecule has 1 fully saturated rings. The fourth-order valence-corrected chi connectivity index (χ4v) is 2.69. The zero-order chi connectivity index (χ0) is 16.7. The minimum Gasteiger partial charge on any atom is -0.492 e. The van der Waals surface area contributed by atoms with E-state index in [1.807, 2.05) is 18.2 Å². The van der Waals surface area contributed by atoms with E-state index in [2.05, 4.69) is 22.1 Å². The van der Waals surface area contributed by atoms with Crippen LogP contribution in [0.15, 0.2) is 29.3 Å². The van der Waals surface area contributed by atoms with Crippen molar-refractivity contribution in [2.24, 2.45) is 16.6 Å². The number of amides is 1. The normalized spacial score (nSPS) is 17.8.